The topological polar surface area (TPSA) is 38.9 Å². The van der Waals surface area contributed by atoms with Crippen LogP contribution in [-0.4, -0.2) is 4.98 Å². The zero-order valence-corrected chi connectivity index (χ0v) is 10.6. The Morgan fingerprint density at radius 1 is 1.06 bits per heavy atom. The van der Waals surface area contributed by atoms with Crippen LogP contribution in [0.15, 0.2) is 36.5 Å². The van der Waals surface area contributed by atoms with Gasteiger partial charge in [0.1, 0.15) is 0 Å². The van der Waals surface area contributed by atoms with Crippen LogP contribution in [0.3, 0.4) is 0 Å². The van der Waals surface area contributed by atoms with Gasteiger partial charge in [-0.05, 0) is 37.5 Å². The SMILES string of the molecule is Cc1cccc(C(N)c2ncc(C)cc2C)c1. The van der Waals surface area contributed by atoms with Crippen molar-refractivity contribution in [3.63, 3.8) is 0 Å². The molecule has 0 amide bonds. The van der Waals surface area contributed by atoms with Crippen molar-refractivity contribution in [2.45, 2.75) is 26.8 Å². The second-order valence-corrected chi connectivity index (χ2v) is 4.61. The lowest BCUT2D eigenvalue weighted by Gasteiger charge is -2.15. The number of hydrogen-bond donors (Lipinski definition) is 1. The summed E-state index contributed by atoms with van der Waals surface area (Å²) in [7, 11) is 0. The van der Waals surface area contributed by atoms with E-state index < -0.39 is 0 Å². The maximum Gasteiger partial charge on any atom is 0.0729 e. The molecule has 0 saturated heterocycles. The predicted molar refractivity (Wildman–Crippen MR) is 70.9 cm³/mol. The standard InChI is InChI=1S/C15H18N2/c1-10-5-4-6-13(8-10)14(16)15-12(3)7-11(2)9-17-15/h4-9,14H,16H2,1-3H3. The molecule has 0 spiro atoms. The van der Waals surface area contributed by atoms with Crippen molar-refractivity contribution in [1.82, 2.24) is 4.98 Å². The fourth-order valence-electron chi connectivity index (χ4n) is 2.07. The van der Waals surface area contributed by atoms with E-state index in [1.165, 1.54) is 11.1 Å². The van der Waals surface area contributed by atoms with Crippen LogP contribution in [0, 0.1) is 20.8 Å². The Morgan fingerprint density at radius 3 is 2.47 bits per heavy atom. The second-order valence-electron chi connectivity index (χ2n) is 4.61. The van der Waals surface area contributed by atoms with Crippen LogP contribution in [0.2, 0.25) is 0 Å². The molecular formula is C15H18N2. The fraction of sp³-hybridized carbons (Fsp3) is 0.267. The highest BCUT2D eigenvalue weighted by Gasteiger charge is 2.12. The second kappa shape index (κ2) is 4.68. The average molecular weight is 226 g/mol. The van der Waals surface area contributed by atoms with Gasteiger partial charge in [0.25, 0.3) is 0 Å². The van der Waals surface area contributed by atoms with Crippen molar-refractivity contribution in [2.24, 2.45) is 5.73 Å². The summed E-state index contributed by atoms with van der Waals surface area (Å²) in [6.45, 7) is 6.18. The third kappa shape index (κ3) is 2.53. The van der Waals surface area contributed by atoms with Gasteiger partial charge in [-0.25, -0.2) is 0 Å². The molecule has 2 nitrogen and oxygen atoms in total. The highest BCUT2D eigenvalue weighted by Crippen LogP contribution is 2.21. The van der Waals surface area contributed by atoms with E-state index in [-0.39, 0.29) is 6.04 Å². The van der Waals surface area contributed by atoms with Crippen molar-refractivity contribution >= 4 is 0 Å². The van der Waals surface area contributed by atoms with Crippen molar-refractivity contribution in [2.75, 3.05) is 0 Å². The number of aromatic nitrogens is 1. The summed E-state index contributed by atoms with van der Waals surface area (Å²) in [5, 5.41) is 0. The lowest BCUT2D eigenvalue weighted by molar-refractivity contribution is 0.814. The molecule has 17 heavy (non-hydrogen) atoms. The first-order valence-corrected chi connectivity index (χ1v) is 5.83. The number of nitrogens with zero attached hydrogens (tertiary/aromatic N) is 1. The third-order valence-electron chi connectivity index (χ3n) is 2.95. The Balaban J connectivity index is 2.40. The summed E-state index contributed by atoms with van der Waals surface area (Å²) in [5.41, 5.74) is 11.9. The molecule has 2 rings (SSSR count). The van der Waals surface area contributed by atoms with Crippen LogP contribution >= 0.6 is 0 Å². The maximum absolute atomic E-state index is 6.27. The quantitative estimate of drug-likeness (QED) is 0.854. The summed E-state index contributed by atoms with van der Waals surface area (Å²) < 4.78 is 0. The molecule has 0 aliphatic carbocycles. The Labute approximate surface area is 103 Å². The van der Waals surface area contributed by atoms with E-state index in [1.807, 2.05) is 19.2 Å². The lowest BCUT2D eigenvalue weighted by Crippen LogP contribution is -2.15. The van der Waals surface area contributed by atoms with Gasteiger partial charge in [0.15, 0.2) is 0 Å². The minimum absolute atomic E-state index is 0.143. The number of aryl methyl sites for hydroxylation is 3. The Bertz CT molecular complexity index is 532. The molecule has 88 valence electrons. The summed E-state index contributed by atoms with van der Waals surface area (Å²) in [5.74, 6) is 0. The van der Waals surface area contributed by atoms with Crippen molar-refractivity contribution in [3.8, 4) is 0 Å². The van der Waals surface area contributed by atoms with E-state index >= 15 is 0 Å². The molecule has 0 fully saturated rings. The van der Waals surface area contributed by atoms with Crippen LogP contribution in [0.25, 0.3) is 0 Å². The molecule has 0 aliphatic rings. The van der Waals surface area contributed by atoms with Gasteiger partial charge in [-0.1, -0.05) is 35.9 Å². The van der Waals surface area contributed by atoms with Gasteiger partial charge in [0.05, 0.1) is 11.7 Å². The molecule has 1 atom stereocenters. The van der Waals surface area contributed by atoms with E-state index in [2.05, 4.69) is 43.1 Å². The molecular weight excluding hydrogens is 208 g/mol. The molecule has 1 aromatic heterocycles. The van der Waals surface area contributed by atoms with Crippen LogP contribution < -0.4 is 5.73 Å². The number of rotatable bonds is 2. The van der Waals surface area contributed by atoms with E-state index in [4.69, 9.17) is 5.73 Å². The van der Waals surface area contributed by atoms with Gasteiger partial charge in [0.2, 0.25) is 0 Å². The highest BCUT2D eigenvalue weighted by atomic mass is 14.8. The maximum atomic E-state index is 6.27. The van der Waals surface area contributed by atoms with Gasteiger partial charge in [-0.15, -0.1) is 0 Å². The average Bonchev–Trinajstić information content (AvgIpc) is 2.28. The largest absolute Gasteiger partial charge is 0.319 e. The van der Waals surface area contributed by atoms with Crippen LogP contribution in [0.5, 0.6) is 0 Å². The molecule has 0 radical (unpaired) electrons. The molecule has 2 N–H and O–H groups in total. The zero-order valence-electron chi connectivity index (χ0n) is 10.6. The molecule has 0 bridgehead atoms. The number of hydrogen-bond acceptors (Lipinski definition) is 2. The van der Waals surface area contributed by atoms with Crippen LogP contribution in [0.1, 0.15) is 34.0 Å². The lowest BCUT2D eigenvalue weighted by atomic mass is 9.99. The van der Waals surface area contributed by atoms with Crippen LogP contribution in [-0.2, 0) is 0 Å². The molecule has 1 aromatic carbocycles. The van der Waals surface area contributed by atoms with E-state index in [0.717, 1.165) is 16.8 Å². The smallest absolute Gasteiger partial charge is 0.0729 e. The first kappa shape index (κ1) is 11.8. The first-order chi connectivity index (χ1) is 8.08. The van der Waals surface area contributed by atoms with E-state index in [1.54, 1.807) is 0 Å². The Hall–Kier alpha value is -1.67. The van der Waals surface area contributed by atoms with E-state index in [0.29, 0.717) is 0 Å². The summed E-state index contributed by atoms with van der Waals surface area (Å²) >= 11 is 0. The molecule has 2 aromatic rings. The Morgan fingerprint density at radius 2 is 1.82 bits per heavy atom. The number of nitrogens with two attached hydrogens (primary N) is 1. The van der Waals surface area contributed by atoms with Crippen molar-refractivity contribution in [3.05, 3.63) is 64.5 Å². The summed E-state index contributed by atoms with van der Waals surface area (Å²) in [6, 6.07) is 10.3. The summed E-state index contributed by atoms with van der Waals surface area (Å²) in [6.07, 6.45) is 1.87. The van der Waals surface area contributed by atoms with E-state index in [9.17, 15) is 0 Å². The molecule has 2 heteroatoms. The van der Waals surface area contributed by atoms with Gasteiger partial charge in [0, 0.05) is 6.20 Å². The molecule has 1 heterocycles. The van der Waals surface area contributed by atoms with Gasteiger partial charge in [-0.3, -0.25) is 4.98 Å². The molecule has 1 unspecified atom stereocenters. The zero-order chi connectivity index (χ0) is 12.4. The third-order valence-corrected chi connectivity index (χ3v) is 2.95. The van der Waals surface area contributed by atoms with Crippen LogP contribution in [0.4, 0.5) is 0 Å². The number of pyridine rings is 1. The first-order valence-electron chi connectivity index (χ1n) is 5.83. The van der Waals surface area contributed by atoms with Gasteiger partial charge in [-0.2, -0.15) is 0 Å². The summed E-state index contributed by atoms with van der Waals surface area (Å²) in [4.78, 5) is 4.46. The van der Waals surface area contributed by atoms with Gasteiger partial charge < -0.3 is 5.73 Å². The normalized spacial score (nSPS) is 12.5. The van der Waals surface area contributed by atoms with Crippen molar-refractivity contribution < 1.29 is 0 Å². The molecule has 0 aliphatic heterocycles. The highest BCUT2D eigenvalue weighted by molar-refractivity contribution is 5.34. The minimum atomic E-state index is -0.143. The van der Waals surface area contributed by atoms with Gasteiger partial charge >= 0.3 is 0 Å². The predicted octanol–water partition coefficient (Wildman–Crippen LogP) is 3.05. The fourth-order valence-corrected chi connectivity index (χ4v) is 2.07. The number of benzene rings is 1. The minimum Gasteiger partial charge on any atom is -0.319 e. The Kier molecular flexibility index (Phi) is 3.25. The van der Waals surface area contributed by atoms with Crippen molar-refractivity contribution in [1.29, 1.82) is 0 Å². The monoisotopic (exact) mass is 226 g/mol. The molecule has 0 saturated carbocycles.